The normalized spacial score (nSPS) is 18.5. The summed E-state index contributed by atoms with van der Waals surface area (Å²) in [6.07, 6.45) is 2.44. The summed E-state index contributed by atoms with van der Waals surface area (Å²) in [7, 11) is 0. The van der Waals surface area contributed by atoms with Gasteiger partial charge in [-0.25, -0.2) is 0 Å². The van der Waals surface area contributed by atoms with Gasteiger partial charge in [-0.1, -0.05) is 49.4 Å². The van der Waals surface area contributed by atoms with Crippen molar-refractivity contribution in [1.82, 2.24) is 0 Å². The second-order valence-electron chi connectivity index (χ2n) is 7.75. The monoisotopic (exact) mass is 400 g/mol. The van der Waals surface area contributed by atoms with Crippen LogP contribution in [-0.2, 0) is 30.2 Å². The van der Waals surface area contributed by atoms with E-state index in [4.69, 9.17) is 18.9 Å². The van der Waals surface area contributed by atoms with Crippen molar-refractivity contribution in [2.75, 3.05) is 46.2 Å². The molecule has 1 fully saturated rings. The molecule has 5 heteroatoms. The maximum Gasteiger partial charge on any atom is 0.308 e. The van der Waals surface area contributed by atoms with E-state index in [2.05, 4.69) is 30.3 Å². The Morgan fingerprint density at radius 2 is 1.62 bits per heavy atom. The number of benzene rings is 2. The van der Waals surface area contributed by atoms with Crippen LogP contribution in [0.5, 0.6) is 0 Å². The van der Waals surface area contributed by atoms with E-state index in [0.717, 1.165) is 18.4 Å². The van der Waals surface area contributed by atoms with E-state index in [1.54, 1.807) is 0 Å². The van der Waals surface area contributed by atoms with Crippen LogP contribution in [0.2, 0.25) is 0 Å². The first-order chi connectivity index (χ1) is 14.2. The van der Waals surface area contributed by atoms with Crippen LogP contribution in [0.1, 0.15) is 25.3 Å². The van der Waals surface area contributed by atoms with Gasteiger partial charge in [0.05, 0.1) is 25.7 Å². The van der Waals surface area contributed by atoms with E-state index < -0.39 is 0 Å². The summed E-state index contributed by atoms with van der Waals surface area (Å²) in [6, 6.07) is 14.6. The maximum atomic E-state index is 12.5. The van der Waals surface area contributed by atoms with Crippen molar-refractivity contribution in [2.24, 2.45) is 11.8 Å². The lowest BCUT2D eigenvalue weighted by Gasteiger charge is -2.20. The highest BCUT2D eigenvalue weighted by Crippen LogP contribution is 2.18. The first kappa shape index (κ1) is 21.8. The van der Waals surface area contributed by atoms with Gasteiger partial charge in [-0.2, -0.15) is 0 Å². The van der Waals surface area contributed by atoms with Gasteiger partial charge in [-0.3, -0.25) is 4.79 Å². The molecule has 1 aliphatic heterocycles. The molecule has 158 valence electrons. The molecule has 2 aromatic carbocycles. The molecule has 1 atom stereocenters. The fraction of sp³-hybridized carbons (Fsp3) is 0.542. The minimum Gasteiger partial charge on any atom is -0.465 e. The summed E-state index contributed by atoms with van der Waals surface area (Å²) >= 11 is 0. The molecular formula is C24H32O5. The number of esters is 1. The van der Waals surface area contributed by atoms with Crippen LogP contribution in [-0.4, -0.2) is 52.2 Å². The highest BCUT2D eigenvalue weighted by Gasteiger charge is 2.19. The summed E-state index contributed by atoms with van der Waals surface area (Å²) < 4.78 is 22.5. The molecule has 0 saturated carbocycles. The van der Waals surface area contributed by atoms with Crippen molar-refractivity contribution in [3.63, 3.8) is 0 Å². The molecule has 29 heavy (non-hydrogen) atoms. The van der Waals surface area contributed by atoms with Gasteiger partial charge >= 0.3 is 5.97 Å². The van der Waals surface area contributed by atoms with Crippen LogP contribution < -0.4 is 0 Å². The summed E-state index contributed by atoms with van der Waals surface area (Å²) in [5.41, 5.74) is 1.15. The molecule has 0 spiro atoms. The number of hydrogen-bond donors (Lipinski definition) is 0. The molecule has 1 unspecified atom stereocenters. The third-order valence-electron chi connectivity index (χ3n) is 5.08. The van der Waals surface area contributed by atoms with E-state index in [1.807, 2.05) is 19.1 Å². The molecule has 1 aliphatic rings. The Balaban J connectivity index is 1.46. The van der Waals surface area contributed by atoms with E-state index in [1.165, 1.54) is 10.8 Å². The molecule has 0 radical (unpaired) electrons. The summed E-state index contributed by atoms with van der Waals surface area (Å²) in [4.78, 5) is 12.5. The van der Waals surface area contributed by atoms with Gasteiger partial charge < -0.3 is 18.9 Å². The van der Waals surface area contributed by atoms with Crippen LogP contribution in [0.3, 0.4) is 0 Å². The van der Waals surface area contributed by atoms with Crippen molar-refractivity contribution in [1.29, 1.82) is 0 Å². The number of hydrogen-bond acceptors (Lipinski definition) is 5. The van der Waals surface area contributed by atoms with E-state index in [0.29, 0.717) is 52.7 Å². The molecule has 0 bridgehead atoms. The number of ether oxygens (including phenoxy) is 4. The molecule has 0 aromatic heterocycles. The Bertz CT molecular complexity index is 748. The predicted octanol–water partition coefficient (Wildman–Crippen LogP) is 4.02. The topological polar surface area (TPSA) is 54.0 Å². The molecule has 1 saturated heterocycles. The first-order valence-electron chi connectivity index (χ1n) is 10.6. The Morgan fingerprint density at radius 1 is 0.966 bits per heavy atom. The van der Waals surface area contributed by atoms with Gasteiger partial charge in [0.2, 0.25) is 0 Å². The zero-order valence-electron chi connectivity index (χ0n) is 17.3. The van der Waals surface area contributed by atoms with Gasteiger partial charge in [0.1, 0.15) is 0 Å². The molecule has 0 aliphatic carbocycles. The minimum atomic E-state index is -0.193. The third-order valence-corrected chi connectivity index (χ3v) is 5.08. The summed E-state index contributed by atoms with van der Waals surface area (Å²) in [6.45, 7) is 6.06. The van der Waals surface area contributed by atoms with Crippen molar-refractivity contribution in [2.45, 2.75) is 26.2 Å². The average Bonchev–Trinajstić information content (AvgIpc) is 2.73. The Kier molecular flexibility index (Phi) is 8.93. The lowest BCUT2D eigenvalue weighted by atomic mass is 9.98. The van der Waals surface area contributed by atoms with Crippen molar-refractivity contribution < 1.29 is 23.7 Å². The summed E-state index contributed by atoms with van der Waals surface area (Å²) in [5.74, 6) is -0.300. The average molecular weight is 401 g/mol. The Morgan fingerprint density at radius 3 is 2.34 bits per heavy atom. The lowest BCUT2D eigenvalue weighted by molar-refractivity contribution is -0.150. The largest absolute Gasteiger partial charge is 0.465 e. The highest BCUT2D eigenvalue weighted by atomic mass is 16.5. The van der Waals surface area contributed by atoms with Crippen LogP contribution in [0.25, 0.3) is 10.8 Å². The minimum absolute atomic E-state index is 0.0622. The zero-order chi connectivity index (χ0) is 20.3. The van der Waals surface area contributed by atoms with Crippen LogP contribution in [0.4, 0.5) is 0 Å². The van der Waals surface area contributed by atoms with Gasteiger partial charge in [-0.15, -0.1) is 0 Å². The van der Waals surface area contributed by atoms with Crippen LogP contribution in [0.15, 0.2) is 42.5 Å². The smallest absolute Gasteiger partial charge is 0.308 e. The van der Waals surface area contributed by atoms with E-state index in [9.17, 15) is 4.79 Å². The first-order valence-corrected chi connectivity index (χ1v) is 10.6. The number of fused-ring (bicyclic) bond motifs is 1. The lowest BCUT2D eigenvalue weighted by Crippen LogP contribution is -2.27. The molecule has 1 heterocycles. The predicted molar refractivity (Wildman–Crippen MR) is 113 cm³/mol. The highest BCUT2D eigenvalue weighted by molar-refractivity contribution is 5.83. The second-order valence-corrected chi connectivity index (χ2v) is 7.75. The standard InChI is InChI=1S/C24H32O5/c1-19(14-20-8-9-22-6-2-3-7-23(22)15-20)24(25)29-18-21-16-27-12-4-10-26-11-5-13-28-17-21/h2-3,6-9,15,19,21H,4-5,10-14,16-18H2,1H3. The molecule has 5 nitrogen and oxygen atoms in total. The van der Waals surface area contributed by atoms with Crippen molar-refractivity contribution in [3.8, 4) is 0 Å². The zero-order valence-corrected chi connectivity index (χ0v) is 17.3. The molecular weight excluding hydrogens is 368 g/mol. The molecule has 2 aromatic rings. The van der Waals surface area contributed by atoms with Crippen LogP contribution >= 0.6 is 0 Å². The number of carbonyl (C=O) groups excluding carboxylic acids is 1. The fourth-order valence-electron chi connectivity index (χ4n) is 3.42. The maximum absolute atomic E-state index is 12.5. The molecule has 0 N–H and O–H groups in total. The molecule has 0 amide bonds. The van der Waals surface area contributed by atoms with E-state index in [-0.39, 0.29) is 17.8 Å². The van der Waals surface area contributed by atoms with Crippen LogP contribution in [0, 0.1) is 11.8 Å². The Hall–Kier alpha value is -1.95. The molecule has 3 rings (SSSR count). The SMILES string of the molecule is CC(Cc1ccc2ccccc2c1)C(=O)OCC1COCCCOCCCOC1. The fourth-order valence-corrected chi connectivity index (χ4v) is 3.42. The van der Waals surface area contributed by atoms with Gasteiger partial charge in [-0.05, 0) is 35.6 Å². The summed E-state index contributed by atoms with van der Waals surface area (Å²) in [5, 5.41) is 2.40. The van der Waals surface area contributed by atoms with Gasteiger partial charge in [0.25, 0.3) is 0 Å². The van der Waals surface area contributed by atoms with Crippen molar-refractivity contribution in [3.05, 3.63) is 48.0 Å². The van der Waals surface area contributed by atoms with E-state index >= 15 is 0 Å². The third kappa shape index (κ3) is 7.42. The number of carbonyl (C=O) groups is 1. The second kappa shape index (κ2) is 11.9. The quantitative estimate of drug-likeness (QED) is 0.710. The van der Waals surface area contributed by atoms with Gasteiger partial charge in [0, 0.05) is 32.3 Å². The van der Waals surface area contributed by atoms with Crippen molar-refractivity contribution >= 4 is 16.7 Å². The Labute approximate surface area is 173 Å². The van der Waals surface area contributed by atoms with Gasteiger partial charge in [0.15, 0.2) is 0 Å². The number of rotatable bonds is 5.